The van der Waals surface area contributed by atoms with E-state index in [1.165, 1.54) is 0 Å². The molecule has 0 fully saturated rings. The first-order chi connectivity index (χ1) is 7.02. The number of carbonyl (C=O) groups is 1. The average Bonchev–Trinajstić information content (AvgIpc) is 2.59. The minimum atomic E-state index is 0.0168. The molecule has 0 aliphatic heterocycles. The fraction of sp³-hybridized carbons (Fsp3) is 0.600. The molecule has 0 spiro atoms. The quantitative estimate of drug-likeness (QED) is 0.780. The number of H-pyrrole nitrogens is 1. The Balaban J connectivity index is 2.57. The van der Waals surface area contributed by atoms with Gasteiger partial charge in [0.2, 0.25) is 0 Å². The van der Waals surface area contributed by atoms with E-state index in [-0.39, 0.29) is 5.91 Å². The summed E-state index contributed by atoms with van der Waals surface area (Å²) in [7, 11) is 5.78. The normalized spacial score (nSPS) is 10.7. The summed E-state index contributed by atoms with van der Waals surface area (Å²) in [6.45, 7) is 3.43. The van der Waals surface area contributed by atoms with Gasteiger partial charge in [-0.1, -0.05) is 0 Å². The van der Waals surface area contributed by atoms with Crippen LogP contribution < -0.4 is 0 Å². The van der Waals surface area contributed by atoms with Crippen molar-refractivity contribution < 1.29 is 4.79 Å². The van der Waals surface area contributed by atoms with Crippen molar-refractivity contribution in [3.63, 3.8) is 0 Å². The number of rotatable bonds is 4. The van der Waals surface area contributed by atoms with Crippen molar-refractivity contribution in [3.05, 3.63) is 17.5 Å². The van der Waals surface area contributed by atoms with E-state index in [1.807, 2.05) is 25.9 Å². The molecule has 15 heavy (non-hydrogen) atoms. The van der Waals surface area contributed by atoms with Crippen LogP contribution in [0.5, 0.6) is 0 Å². The maximum absolute atomic E-state index is 11.9. The van der Waals surface area contributed by atoms with Crippen LogP contribution in [0.25, 0.3) is 0 Å². The van der Waals surface area contributed by atoms with Crippen molar-refractivity contribution in [2.75, 3.05) is 34.2 Å². The second kappa shape index (κ2) is 4.93. The highest BCUT2D eigenvalue weighted by Crippen LogP contribution is 2.05. The Kier molecular flexibility index (Phi) is 3.85. The minimum absolute atomic E-state index is 0.0168. The molecular formula is C10H18N4O. The predicted molar refractivity (Wildman–Crippen MR) is 58.8 cm³/mol. The topological polar surface area (TPSA) is 52.2 Å². The van der Waals surface area contributed by atoms with Gasteiger partial charge in [0, 0.05) is 25.8 Å². The monoisotopic (exact) mass is 210 g/mol. The minimum Gasteiger partial charge on any atom is -0.340 e. The van der Waals surface area contributed by atoms with E-state index < -0.39 is 0 Å². The molecule has 1 aromatic rings. The standard InChI is InChI=1S/C10H18N4O/c1-8-9(7-11-12-8)10(15)14(4)6-5-13(2)3/h7H,5-6H2,1-4H3,(H,11,12). The third-order valence-corrected chi connectivity index (χ3v) is 2.29. The van der Waals surface area contributed by atoms with Gasteiger partial charge in [-0.15, -0.1) is 0 Å². The van der Waals surface area contributed by atoms with Crippen LogP contribution in [0.3, 0.4) is 0 Å². The van der Waals surface area contributed by atoms with Crippen molar-refractivity contribution in [2.24, 2.45) is 0 Å². The van der Waals surface area contributed by atoms with Gasteiger partial charge in [-0.05, 0) is 21.0 Å². The fourth-order valence-corrected chi connectivity index (χ4v) is 1.22. The van der Waals surface area contributed by atoms with Crippen LogP contribution in [0.15, 0.2) is 6.20 Å². The predicted octanol–water partition coefficient (Wildman–Crippen LogP) is 0.352. The maximum Gasteiger partial charge on any atom is 0.257 e. The molecule has 0 saturated heterocycles. The van der Waals surface area contributed by atoms with Crippen molar-refractivity contribution in [1.82, 2.24) is 20.0 Å². The summed E-state index contributed by atoms with van der Waals surface area (Å²) >= 11 is 0. The van der Waals surface area contributed by atoms with Crippen molar-refractivity contribution in [3.8, 4) is 0 Å². The SMILES string of the molecule is Cc1[nH]ncc1C(=O)N(C)CCN(C)C. The van der Waals surface area contributed by atoms with Crippen LogP contribution in [0.1, 0.15) is 16.1 Å². The van der Waals surface area contributed by atoms with Gasteiger partial charge in [0.15, 0.2) is 0 Å². The second-order valence-corrected chi connectivity index (χ2v) is 3.94. The largest absolute Gasteiger partial charge is 0.340 e. The molecule has 1 aromatic heterocycles. The molecule has 0 radical (unpaired) electrons. The zero-order valence-electron chi connectivity index (χ0n) is 9.74. The Bertz CT molecular complexity index is 332. The number of carbonyl (C=O) groups excluding carboxylic acids is 1. The molecule has 5 nitrogen and oxygen atoms in total. The second-order valence-electron chi connectivity index (χ2n) is 3.94. The molecule has 0 aliphatic carbocycles. The highest BCUT2D eigenvalue weighted by atomic mass is 16.2. The van der Waals surface area contributed by atoms with Crippen LogP contribution in [-0.4, -0.2) is 60.1 Å². The number of nitrogens with one attached hydrogen (secondary N) is 1. The highest BCUT2D eigenvalue weighted by molar-refractivity contribution is 5.94. The van der Waals surface area contributed by atoms with E-state index in [2.05, 4.69) is 10.2 Å². The lowest BCUT2D eigenvalue weighted by atomic mass is 10.2. The zero-order valence-corrected chi connectivity index (χ0v) is 9.74. The van der Waals surface area contributed by atoms with Gasteiger partial charge < -0.3 is 9.80 Å². The fourth-order valence-electron chi connectivity index (χ4n) is 1.22. The Morgan fingerprint density at radius 1 is 1.40 bits per heavy atom. The Morgan fingerprint density at radius 2 is 2.07 bits per heavy atom. The van der Waals surface area contributed by atoms with Crippen molar-refractivity contribution >= 4 is 5.91 Å². The smallest absolute Gasteiger partial charge is 0.257 e. The molecule has 0 unspecified atom stereocenters. The van der Waals surface area contributed by atoms with Crippen LogP contribution in [0, 0.1) is 6.92 Å². The number of likely N-dealkylation sites (N-methyl/N-ethyl adjacent to an activating group) is 2. The molecule has 1 N–H and O–H groups in total. The number of aromatic nitrogens is 2. The summed E-state index contributed by atoms with van der Waals surface area (Å²) < 4.78 is 0. The van der Waals surface area contributed by atoms with Gasteiger partial charge >= 0.3 is 0 Å². The molecule has 1 heterocycles. The number of nitrogens with zero attached hydrogens (tertiary/aromatic N) is 3. The van der Waals surface area contributed by atoms with Gasteiger partial charge in [0.1, 0.15) is 0 Å². The number of hydrogen-bond acceptors (Lipinski definition) is 3. The van der Waals surface area contributed by atoms with Crippen LogP contribution in [-0.2, 0) is 0 Å². The summed E-state index contributed by atoms with van der Waals surface area (Å²) in [5.41, 5.74) is 1.47. The van der Waals surface area contributed by atoms with Crippen LogP contribution >= 0.6 is 0 Å². The molecule has 0 aliphatic rings. The van der Waals surface area contributed by atoms with E-state index in [4.69, 9.17) is 0 Å². The number of aromatic amines is 1. The molecule has 1 amide bonds. The molecule has 0 aromatic carbocycles. The number of hydrogen-bond donors (Lipinski definition) is 1. The van der Waals surface area contributed by atoms with Crippen LogP contribution in [0.2, 0.25) is 0 Å². The van der Waals surface area contributed by atoms with Gasteiger partial charge in [0.05, 0.1) is 11.8 Å². The Labute approximate surface area is 90.1 Å². The third kappa shape index (κ3) is 3.06. The summed E-state index contributed by atoms with van der Waals surface area (Å²) in [5.74, 6) is 0.0168. The molecular weight excluding hydrogens is 192 g/mol. The molecule has 5 heteroatoms. The third-order valence-electron chi connectivity index (χ3n) is 2.29. The van der Waals surface area contributed by atoms with Gasteiger partial charge in [-0.25, -0.2) is 0 Å². The van der Waals surface area contributed by atoms with E-state index in [1.54, 1.807) is 18.1 Å². The first-order valence-corrected chi connectivity index (χ1v) is 4.92. The van der Waals surface area contributed by atoms with Crippen LogP contribution in [0.4, 0.5) is 0 Å². The zero-order chi connectivity index (χ0) is 11.4. The number of amides is 1. The van der Waals surface area contributed by atoms with E-state index in [0.717, 1.165) is 18.8 Å². The Hall–Kier alpha value is -1.36. The van der Waals surface area contributed by atoms with E-state index in [9.17, 15) is 4.79 Å². The van der Waals surface area contributed by atoms with Crippen molar-refractivity contribution in [2.45, 2.75) is 6.92 Å². The van der Waals surface area contributed by atoms with Crippen molar-refractivity contribution in [1.29, 1.82) is 0 Å². The first-order valence-electron chi connectivity index (χ1n) is 4.92. The lowest BCUT2D eigenvalue weighted by Crippen LogP contribution is -2.33. The molecule has 0 saturated carbocycles. The summed E-state index contributed by atoms with van der Waals surface area (Å²) in [4.78, 5) is 15.6. The maximum atomic E-state index is 11.9. The Morgan fingerprint density at radius 3 is 2.53 bits per heavy atom. The first kappa shape index (κ1) is 11.7. The van der Waals surface area contributed by atoms with E-state index >= 15 is 0 Å². The molecule has 0 atom stereocenters. The number of aryl methyl sites for hydroxylation is 1. The van der Waals surface area contributed by atoms with Gasteiger partial charge in [-0.2, -0.15) is 5.10 Å². The summed E-state index contributed by atoms with van der Waals surface area (Å²) in [6, 6.07) is 0. The lowest BCUT2D eigenvalue weighted by Gasteiger charge is -2.19. The molecule has 84 valence electrons. The van der Waals surface area contributed by atoms with Gasteiger partial charge in [0.25, 0.3) is 5.91 Å². The average molecular weight is 210 g/mol. The summed E-state index contributed by atoms with van der Waals surface area (Å²) in [5, 5.41) is 6.60. The van der Waals surface area contributed by atoms with Gasteiger partial charge in [-0.3, -0.25) is 9.89 Å². The lowest BCUT2D eigenvalue weighted by molar-refractivity contribution is 0.0785. The summed E-state index contributed by atoms with van der Waals surface area (Å²) in [6.07, 6.45) is 1.57. The molecule has 0 bridgehead atoms. The van der Waals surface area contributed by atoms with E-state index in [0.29, 0.717) is 5.56 Å². The highest BCUT2D eigenvalue weighted by Gasteiger charge is 2.15. The molecule has 1 rings (SSSR count).